The number of carbonyl (C=O) groups excluding carboxylic acids is 3. The fourth-order valence-electron chi connectivity index (χ4n) is 5.25. The Balaban J connectivity index is 1.19. The minimum atomic E-state index is -0.729. The van der Waals surface area contributed by atoms with Crippen molar-refractivity contribution in [1.29, 1.82) is 0 Å². The van der Waals surface area contributed by atoms with Crippen LogP contribution in [-0.2, 0) is 11.3 Å². The molecule has 37 heavy (non-hydrogen) atoms. The molecular formula is C25H26FN7O4. The number of benzene rings is 1. The van der Waals surface area contributed by atoms with Crippen LogP contribution in [0.3, 0.4) is 0 Å². The lowest BCUT2D eigenvalue weighted by molar-refractivity contribution is -0.118. The van der Waals surface area contributed by atoms with E-state index in [4.69, 9.17) is 4.74 Å². The van der Waals surface area contributed by atoms with Crippen molar-refractivity contribution in [2.75, 3.05) is 38.1 Å². The maximum atomic E-state index is 14.4. The molecule has 0 atom stereocenters. The number of hydrogen-bond donors (Lipinski definition) is 3. The van der Waals surface area contributed by atoms with Gasteiger partial charge >= 0.3 is 0 Å². The zero-order chi connectivity index (χ0) is 25.6. The monoisotopic (exact) mass is 507 g/mol. The first kappa shape index (κ1) is 23.3. The van der Waals surface area contributed by atoms with Crippen molar-refractivity contribution in [3.63, 3.8) is 0 Å². The van der Waals surface area contributed by atoms with Crippen molar-refractivity contribution < 1.29 is 23.5 Å². The van der Waals surface area contributed by atoms with E-state index in [2.05, 4.69) is 30.9 Å². The van der Waals surface area contributed by atoms with Gasteiger partial charge in [0, 0.05) is 19.2 Å². The Labute approximate surface area is 211 Å². The standard InChI is InChI=1S/C25H26FN7O4/c26-16-12-29-33-19(24(36)28-14-25-3-6-32(7-4-25)8-5-25)10-18(31-22(16)33)23(35)27-11-15-1-2-20-17(9-15)30-21(34)13-37-20/h1-2,9-10,12H,3-8,11,13-14H2,(H,27,35)(H,28,36)(H,30,34). The molecule has 12 heteroatoms. The smallest absolute Gasteiger partial charge is 0.270 e. The summed E-state index contributed by atoms with van der Waals surface area (Å²) in [6, 6.07) is 6.50. The largest absolute Gasteiger partial charge is 0.482 e. The van der Waals surface area contributed by atoms with Crippen LogP contribution in [0.1, 0.15) is 45.8 Å². The Kier molecular flexibility index (Phi) is 5.75. The van der Waals surface area contributed by atoms with Crippen LogP contribution in [0.5, 0.6) is 5.75 Å². The van der Waals surface area contributed by atoms with Crippen LogP contribution in [0, 0.1) is 11.2 Å². The third kappa shape index (κ3) is 4.48. The lowest BCUT2D eigenvalue weighted by Crippen LogP contribution is -2.52. The molecule has 6 heterocycles. The molecule has 1 aromatic carbocycles. The zero-order valence-corrected chi connectivity index (χ0v) is 20.1. The lowest BCUT2D eigenvalue weighted by Gasteiger charge is -2.48. The normalized spacial score (nSPS) is 22.2. The Bertz CT molecular complexity index is 1400. The third-order valence-electron chi connectivity index (χ3n) is 7.52. The summed E-state index contributed by atoms with van der Waals surface area (Å²) in [5.41, 5.74) is 1.05. The van der Waals surface area contributed by atoms with Gasteiger partial charge in [-0.25, -0.2) is 13.9 Å². The summed E-state index contributed by atoms with van der Waals surface area (Å²) in [6.07, 6.45) is 4.06. The number of nitrogens with one attached hydrogen (secondary N) is 3. The molecule has 0 spiro atoms. The molecule has 4 aliphatic rings. The van der Waals surface area contributed by atoms with Gasteiger partial charge in [-0.3, -0.25) is 14.4 Å². The molecule has 11 nitrogen and oxygen atoms in total. The number of ether oxygens (including phenoxy) is 1. The molecule has 3 saturated heterocycles. The fraction of sp³-hybridized carbons (Fsp3) is 0.400. The molecule has 2 bridgehead atoms. The van der Waals surface area contributed by atoms with E-state index < -0.39 is 17.6 Å². The van der Waals surface area contributed by atoms with E-state index in [0.717, 1.165) is 49.6 Å². The van der Waals surface area contributed by atoms with Crippen molar-refractivity contribution in [3.05, 3.63) is 53.2 Å². The number of hydrogen-bond acceptors (Lipinski definition) is 7. The van der Waals surface area contributed by atoms with Crippen LogP contribution in [-0.4, -0.2) is 70.0 Å². The number of amides is 3. The Morgan fingerprint density at radius 1 is 1.11 bits per heavy atom. The highest BCUT2D eigenvalue weighted by atomic mass is 19.1. The van der Waals surface area contributed by atoms with Crippen LogP contribution < -0.4 is 20.7 Å². The number of piperidine rings is 3. The number of halogens is 1. The second kappa shape index (κ2) is 9.11. The van der Waals surface area contributed by atoms with Crippen LogP contribution in [0.25, 0.3) is 5.65 Å². The van der Waals surface area contributed by atoms with Crippen molar-refractivity contribution in [2.45, 2.75) is 25.8 Å². The van der Waals surface area contributed by atoms with Gasteiger partial charge in [0.05, 0.1) is 11.9 Å². The maximum Gasteiger partial charge on any atom is 0.270 e. The summed E-state index contributed by atoms with van der Waals surface area (Å²) in [5, 5.41) is 12.4. The minimum absolute atomic E-state index is 0.0392. The van der Waals surface area contributed by atoms with Gasteiger partial charge in [0.1, 0.15) is 17.1 Å². The first-order valence-corrected chi connectivity index (χ1v) is 12.3. The van der Waals surface area contributed by atoms with Crippen molar-refractivity contribution >= 4 is 29.1 Å². The van der Waals surface area contributed by atoms with Gasteiger partial charge < -0.3 is 25.6 Å². The van der Waals surface area contributed by atoms with Gasteiger partial charge in [0.15, 0.2) is 18.1 Å². The zero-order valence-electron chi connectivity index (χ0n) is 20.1. The number of fused-ring (bicyclic) bond motifs is 5. The number of rotatable bonds is 6. The van der Waals surface area contributed by atoms with Gasteiger partial charge in [-0.2, -0.15) is 5.10 Å². The molecular weight excluding hydrogens is 481 g/mol. The highest BCUT2D eigenvalue weighted by Crippen LogP contribution is 2.39. The molecule has 7 rings (SSSR count). The second-order valence-electron chi connectivity index (χ2n) is 9.88. The predicted octanol–water partition coefficient (Wildman–Crippen LogP) is 1.34. The van der Waals surface area contributed by atoms with Crippen LogP contribution >= 0.6 is 0 Å². The molecule has 0 saturated carbocycles. The summed E-state index contributed by atoms with van der Waals surface area (Å²) in [5.74, 6) is -1.45. The van der Waals surface area contributed by atoms with E-state index >= 15 is 0 Å². The SMILES string of the molecule is O=C1COc2ccc(CNC(=O)c3cc(C(=O)NCC45CCN(CC4)CC5)n4ncc(F)c4n3)cc2N1. The molecule has 3 N–H and O–H groups in total. The number of carbonyl (C=O) groups is 3. The number of anilines is 1. The Morgan fingerprint density at radius 3 is 2.68 bits per heavy atom. The summed E-state index contributed by atoms with van der Waals surface area (Å²) in [6.45, 7) is 3.71. The Morgan fingerprint density at radius 2 is 1.89 bits per heavy atom. The van der Waals surface area contributed by atoms with Crippen molar-refractivity contribution in [1.82, 2.24) is 30.1 Å². The summed E-state index contributed by atoms with van der Waals surface area (Å²) in [7, 11) is 0. The van der Waals surface area contributed by atoms with Crippen LogP contribution in [0.4, 0.5) is 10.1 Å². The summed E-state index contributed by atoms with van der Waals surface area (Å²) < 4.78 is 20.9. The average Bonchev–Trinajstić information content (AvgIpc) is 3.31. The molecule has 3 aromatic rings. The highest BCUT2D eigenvalue weighted by Gasteiger charge is 2.39. The van der Waals surface area contributed by atoms with E-state index in [9.17, 15) is 18.8 Å². The van der Waals surface area contributed by atoms with Crippen molar-refractivity contribution in [2.24, 2.45) is 5.41 Å². The van der Waals surface area contributed by atoms with E-state index in [-0.39, 0.29) is 41.5 Å². The van der Waals surface area contributed by atoms with Gasteiger partial charge in [0.2, 0.25) is 0 Å². The minimum Gasteiger partial charge on any atom is -0.482 e. The first-order chi connectivity index (χ1) is 17.9. The van der Waals surface area contributed by atoms with E-state index in [1.807, 2.05) is 0 Å². The molecule has 192 valence electrons. The van der Waals surface area contributed by atoms with Gasteiger partial charge in [-0.1, -0.05) is 6.07 Å². The van der Waals surface area contributed by atoms with Gasteiger partial charge in [-0.15, -0.1) is 0 Å². The van der Waals surface area contributed by atoms with Crippen LogP contribution in [0.15, 0.2) is 30.5 Å². The van der Waals surface area contributed by atoms with E-state index in [1.165, 1.54) is 6.07 Å². The van der Waals surface area contributed by atoms with E-state index in [1.54, 1.807) is 18.2 Å². The summed E-state index contributed by atoms with van der Waals surface area (Å²) in [4.78, 5) is 44.3. The molecule has 0 aliphatic carbocycles. The quantitative estimate of drug-likeness (QED) is 0.459. The lowest BCUT2D eigenvalue weighted by atomic mass is 9.72. The average molecular weight is 508 g/mol. The number of aromatic nitrogens is 3. The van der Waals surface area contributed by atoms with Gasteiger partial charge in [-0.05, 0) is 62.0 Å². The topological polar surface area (TPSA) is 130 Å². The molecule has 3 amide bonds. The van der Waals surface area contributed by atoms with E-state index in [0.29, 0.717) is 23.5 Å². The highest BCUT2D eigenvalue weighted by molar-refractivity contribution is 5.98. The predicted molar refractivity (Wildman–Crippen MR) is 130 cm³/mol. The molecule has 2 aromatic heterocycles. The van der Waals surface area contributed by atoms with Crippen LogP contribution in [0.2, 0.25) is 0 Å². The third-order valence-corrected chi connectivity index (χ3v) is 7.52. The second-order valence-corrected chi connectivity index (χ2v) is 9.88. The molecule has 4 aliphatic heterocycles. The summed E-state index contributed by atoms with van der Waals surface area (Å²) >= 11 is 0. The van der Waals surface area contributed by atoms with Crippen molar-refractivity contribution in [3.8, 4) is 5.75 Å². The Hall–Kier alpha value is -4.06. The maximum absolute atomic E-state index is 14.4. The number of nitrogens with zero attached hydrogens (tertiary/aromatic N) is 4. The first-order valence-electron chi connectivity index (χ1n) is 12.3. The van der Waals surface area contributed by atoms with Gasteiger partial charge in [0.25, 0.3) is 17.7 Å². The molecule has 0 unspecified atom stereocenters. The molecule has 3 fully saturated rings. The molecule has 0 radical (unpaired) electrons. The fourth-order valence-corrected chi connectivity index (χ4v) is 5.25.